The lowest BCUT2D eigenvalue weighted by Gasteiger charge is -2.47. The predicted octanol–water partition coefficient (Wildman–Crippen LogP) is 2.91. The van der Waals surface area contributed by atoms with E-state index in [1.165, 1.54) is 18.4 Å². The number of carbonyl (C=O) groups is 1. The Bertz CT molecular complexity index is 777. The molecule has 2 saturated heterocycles. The summed E-state index contributed by atoms with van der Waals surface area (Å²) in [5.74, 6) is 1.51. The number of carbonyl (C=O) groups excluding carboxylic acids is 1. The molecule has 5 heteroatoms. The lowest BCUT2D eigenvalue weighted by atomic mass is 9.72. The first-order valence-corrected chi connectivity index (χ1v) is 10.6. The van der Waals surface area contributed by atoms with Crippen LogP contribution in [0.15, 0.2) is 42.7 Å². The molecule has 1 amide bonds. The maximum absolute atomic E-state index is 12.5. The van der Waals surface area contributed by atoms with Gasteiger partial charge in [-0.2, -0.15) is 0 Å². The van der Waals surface area contributed by atoms with Crippen LogP contribution in [0, 0.1) is 5.41 Å². The first kappa shape index (κ1) is 19.2. The van der Waals surface area contributed by atoms with Crippen LogP contribution in [0.4, 0.5) is 0 Å². The Morgan fingerprint density at radius 2 is 1.82 bits per heavy atom. The average Bonchev–Trinajstić information content (AvgIpc) is 3.14. The van der Waals surface area contributed by atoms with Crippen LogP contribution in [0.3, 0.4) is 0 Å². The molecule has 0 aliphatic carbocycles. The van der Waals surface area contributed by atoms with Crippen molar-refractivity contribution in [2.45, 2.75) is 38.5 Å². The number of aryl methyl sites for hydroxylation is 1. The van der Waals surface area contributed by atoms with Gasteiger partial charge in [-0.3, -0.25) is 4.79 Å². The summed E-state index contributed by atoms with van der Waals surface area (Å²) in [4.78, 5) is 21.6. The highest BCUT2D eigenvalue weighted by atomic mass is 16.2. The normalized spacial score (nSPS) is 20.0. The van der Waals surface area contributed by atoms with E-state index in [1.54, 1.807) is 0 Å². The second-order valence-corrected chi connectivity index (χ2v) is 8.60. The summed E-state index contributed by atoms with van der Waals surface area (Å²) in [6.07, 6.45) is 10.1. The Balaban J connectivity index is 1.28. The summed E-state index contributed by atoms with van der Waals surface area (Å²) in [6, 6.07) is 10.5. The maximum Gasteiger partial charge on any atom is 0.222 e. The predicted molar refractivity (Wildman–Crippen MR) is 111 cm³/mol. The molecule has 150 valence electrons. The zero-order valence-electron chi connectivity index (χ0n) is 17.0. The number of aromatic nitrogens is 2. The monoisotopic (exact) mass is 380 g/mol. The Morgan fingerprint density at radius 3 is 2.54 bits per heavy atom. The quantitative estimate of drug-likeness (QED) is 0.774. The molecule has 2 fully saturated rings. The van der Waals surface area contributed by atoms with Crippen LogP contribution in [0.1, 0.15) is 37.1 Å². The SMILES string of the molecule is Cn1ccnc1CCN1CCC2(CCC(=O)N(CCc3ccccc3)C2)CC1. The highest BCUT2D eigenvalue weighted by Gasteiger charge is 2.40. The topological polar surface area (TPSA) is 41.4 Å². The molecule has 4 rings (SSSR count). The molecule has 2 aromatic rings. The average molecular weight is 381 g/mol. The molecule has 28 heavy (non-hydrogen) atoms. The first-order valence-electron chi connectivity index (χ1n) is 10.6. The van der Waals surface area contributed by atoms with Gasteiger partial charge in [0.15, 0.2) is 0 Å². The lowest BCUT2D eigenvalue weighted by molar-refractivity contribution is -0.139. The van der Waals surface area contributed by atoms with E-state index < -0.39 is 0 Å². The van der Waals surface area contributed by atoms with Crippen LogP contribution >= 0.6 is 0 Å². The molecule has 0 radical (unpaired) electrons. The number of benzene rings is 1. The highest BCUT2D eigenvalue weighted by molar-refractivity contribution is 5.77. The van der Waals surface area contributed by atoms with Crippen molar-refractivity contribution in [3.05, 3.63) is 54.1 Å². The van der Waals surface area contributed by atoms with Gasteiger partial charge >= 0.3 is 0 Å². The molecular formula is C23H32N4O. The molecular weight excluding hydrogens is 348 g/mol. The Labute approximate surface area is 168 Å². The molecule has 2 aliphatic rings. The van der Waals surface area contributed by atoms with Crippen molar-refractivity contribution in [3.8, 4) is 0 Å². The number of piperidine rings is 2. The number of hydrogen-bond donors (Lipinski definition) is 0. The van der Waals surface area contributed by atoms with Crippen molar-refractivity contribution >= 4 is 5.91 Å². The minimum Gasteiger partial charge on any atom is -0.342 e. The molecule has 0 bridgehead atoms. The molecule has 2 aliphatic heterocycles. The van der Waals surface area contributed by atoms with Gasteiger partial charge in [0.05, 0.1) is 0 Å². The van der Waals surface area contributed by atoms with E-state index in [9.17, 15) is 4.79 Å². The lowest BCUT2D eigenvalue weighted by Crippen LogP contribution is -2.52. The maximum atomic E-state index is 12.5. The van der Waals surface area contributed by atoms with Crippen molar-refractivity contribution in [3.63, 3.8) is 0 Å². The van der Waals surface area contributed by atoms with E-state index in [1.807, 2.05) is 18.5 Å². The van der Waals surface area contributed by atoms with Gasteiger partial charge in [0.25, 0.3) is 0 Å². The van der Waals surface area contributed by atoms with Crippen molar-refractivity contribution in [2.75, 3.05) is 32.7 Å². The van der Waals surface area contributed by atoms with E-state index in [-0.39, 0.29) is 0 Å². The molecule has 1 aromatic carbocycles. The van der Waals surface area contributed by atoms with Crippen LogP contribution in [0.2, 0.25) is 0 Å². The molecule has 1 aromatic heterocycles. The summed E-state index contributed by atoms with van der Waals surface area (Å²) >= 11 is 0. The number of amides is 1. The molecule has 0 N–H and O–H groups in total. The molecule has 3 heterocycles. The van der Waals surface area contributed by atoms with E-state index in [0.717, 1.165) is 64.2 Å². The van der Waals surface area contributed by atoms with Gasteiger partial charge in [0.1, 0.15) is 5.82 Å². The van der Waals surface area contributed by atoms with E-state index in [4.69, 9.17) is 0 Å². The van der Waals surface area contributed by atoms with Gasteiger partial charge in [0, 0.05) is 51.9 Å². The molecule has 0 saturated carbocycles. The summed E-state index contributed by atoms with van der Waals surface area (Å²) in [7, 11) is 2.07. The minimum absolute atomic E-state index is 0.338. The van der Waals surface area contributed by atoms with Gasteiger partial charge in [0.2, 0.25) is 5.91 Å². The number of likely N-dealkylation sites (tertiary alicyclic amines) is 2. The van der Waals surface area contributed by atoms with Gasteiger partial charge in [-0.15, -0.1) is 0 Å². The first-order chi connectivity index (χ1) is 13.6. The van der Waals surface area contributed by atoms with Gasteiger partial charge in [-0.25, -0.2) is 4.98 Å². The van der Waals surface area contributed by atoms with Crippen molar-refractivity contribution in [1.82, 2.24) is 19.4 Å². The smallest absolute Gasteiger partial charge is 0.222 e. The summed E-state index contributed by atoms with van der Waals surface area (Å²) in [5.41, 5.74) is 1.66. The van der Waals surface area contributed by atoms with Crippen LogP contribution in [0.5, 0.6) is 0 Å². The zero-order chi connectivity index (χ0) is 19.4. The fourth-order valence-corrected chi connectivity index (χ4v) is 4.77. The van der Waals surface area contributed by atoms with Crippen LogP contribution < -0.4 is 0 Å². The fourth-order valence-electron chi connectivity index (χ4n) is 4.77. The molecule has 0 atom stereocenters. The summed E-state index contributed by atoms with van der Waals surface area (Å²) in [6.45, 7) is 5.17. The Morgan fingerprint density at radius 1 is 1.04 bits per heavy atom. The van der Waals surface area contributed by atoms with Crippen LogP contribution in [0.25, 0.3) is 0 Å². The molecule has 0 unspecified atom stereocenters. The Kier molecular flexibility index (Phi) is 5.81. The van der Waals surface area contributed by atoms with Crippen LogP contribution in [-0.4, -0.2) is 58.0 Å². The third-order valence-corrected chi connectivity index (χ3v) is 6.75. The van der Waals surface area contributed by atoms with Gasteiger partial charge in [-0.1, -0.05) is 30.3 Å². The third-order valence-electron chi connectivity index (χ3n) is 6.75. The third kappa shape index (κ3) is 4.46. The standard InChI is InChI=1S/C23H32N4O/c1-25-18-13-24-21(25)9-14-26-16-11-23(12-17-26)10-7-22(28)27(19-23)15-8-20-5-3-2-4-6-20/h2-6,13,18H,7-12,14-17,19H2,1H3. The summed E-state index contributed by atoms with van der Waals surface area (Å²) in [5, 5.41) is 0. The van der Waals surface area contributed by atoms with Crippen molar-refractivity contribution < 1.29 is 4.79 Å². The second-order valence-electron chi connectivity index (χ2n) is 8.60. The van der Waals surface area contributed by atoms with E-state index >= 15 is 0 Å². The van der Waals surface area contributed by atoms with Gasteiger partial charge in [-0.05, 0) is 49.8 Å². The number of hydrogen-bond acceptors (Lipinski definition) is 3. The van der Waals surface area contributed by atoms with Crippen molar-refractivity contribution in [1.29, 1.82) is 0 Å². The highest BCUT2D eigenvalue weighted by Crippen LogP contribution is 2.40. The number of nitrogens with zero attached hydrogens (tertiary/aromatic N) is 4. The zero-order valence-corrected chi connectivity index (χ0v) is 17.0. The van der Waals surface area contributed by atoms with Crippen molar-refractivity contribution in [2.24, 2.45) is 12.5 Å². The molecule has 5 nitrogen and oxygen atoms in total. The van der Waals surface area contributed by atoms with Gasteiger partial charge < -0.3 is 14.4 Å². The molecule has 1 spiro atoms. The van der Waals surface area contributed by atoms with Crippen LogP contribution in [-0.2, 0) is 24.7 Å². The summed E-state index contributed by atoms with van der Waals surface area (Å²) < 4.78 is 2.11. The largest absolute Gasteiger partial charge is 0.342 e. The van der Waals surface area contributed by atoms with E-state index in [0.29, 0.717) is 11.3 Å². The van der Waals surface area contributed by atoms with E-state index in [2.05, 4.69) is 50.7 Å². The second kappa shape index (κ2) is 8.48. The number of rotatable bonds is 6. The number of imidazole rings is 1. The Hall–Kier alpha value is -2.14. The fraction of sp³-hybridized carbons (Fsp3) is 0.565. The minimum atomic E-state index is 0.338.